The molecule has 1 aliphatic rings. The SMILES string of the molecule is CCCN(Cc1cccn1Cc1ccc(C(=O)NC2CC2)o1)C(=O)C(C)C. The molecule has 3 rings (SSSR count). The number of rotatable bonds is 9. The predicted octanol–water partition coefficient (Wildman–Crippen LogP) is 3.42. The van der Waals surface area contributed by atoms with Crippen LogP contribution < -0.4 is 5.32 Å². The second-order valence-electron chi connectivity index (χ2n) is 7.56. The molecule has 2 heterocycles. The Labute approximate surface area is 160 Å². The molecule has 0 saturated heterocycles. The molecule has 27 heavy (non-hydrogen) atoms. The van der Waals surface area contributed by atoms with Crippen molar-refractivity contribution in [3.63, 3.8) is 0 Å². The maximum absolute atomic E-state index is 12.5. The fourth-order valence-corrected chi connectivity index (χ4v) is 3.08. The van der Waals surface area contributed by atoms with Crippen molar-refractivity contribution in [3.8, 4) is 0 Å². The van der Waals surface area contributed by atoms with Gasteiger partial charge in [-0.2, -0.15) is 0 Å². The summed E-state index contributed by atoms with van der Waals surface area (Å²) in [5.74, 6) is 1.09. The molecule has 0 aliphatic heterocycles. The Morgan fingerprint density at radius 3 is 2.74 bits per heavy atom. The molecular formula is C21H29N3O3. The van der Waals surface area contributed by atoms with Crippen molar-refractivity contribution in [3.05, 3.63) is 47.7 Å². The van der Waals surface area contributed by atoms with E-state index < -0.39 is 0 Å². The summed E-state index contributed by atoms with van der Waals surface area (Å²) in [4.78, 5) is 26.4. The van der Waals surface area contributed by atoms with Gasteiger partial charge in [-0.1, -0.05) is 20.8 Å². The molecule has 6 nitrogen and oxygen atoms in total. The number of nitrogens with one attached hydrogen (secondary N) is 1. The summed E-state index contributed by atoms with van der Waals surface area (Å²) in [6, 6.07) is 7.88. The van der Waals surface area contributed by atoms with Gasteiger partial charge in [0, 0.05) is 30.4 Å². The highest BCUT2D eigenvalue weighted by Gasteiger charge is 2.25. The Balaban J connectivity index is 1.66. The standard InChI is InChI=1S/C21H29N3O3/c1-4-11-24(21(26)15(2)3)13-17-6-5-12-23(17)14-18-9-10-19(27-18)20(25)22-16-7-8-16/h5-6,9-10,12,15-16H,4,7-8,11,13-14H2,1-3H3,(H,22,25). The van der Waals surface area contributed by atoms with E-state index in [0.717, 1.165) is 37.3 Å². The van der Waals surface area contributed by atoms with Crippen molar-refractivity contribution >= 4 is 11.8 Å². The predicted molar refractivity (Wildman–Crippen MR) is 103 cm³/mol. The van der Waals surface area contributed by atoms with Gasteiger partial charge in [0.1, 0.15) is 5.76 Å². The van der Waals surface area contributed by atoms with Crippen molar-refractivity contribution in [2.24, 2.45) is 5.92 Å². The normalized spacial score (nSPS) is 13.8. The lowest BCUT2D eigenvalue weighted by Crippen LogP contribution is -2.35. The third-order valence-corrected chi connectivity index (χ3v) is 4.70. The van der Waals surface area contributed by atoms with Gasteiger partial charge in [0.05, 0.1) is 13.1 Å². The molecule has 1 aliphatic carbocycles. The van der Waals surface area contributed by atoms with Gasteiger partial charge in [-0.25, -0.2) is 0 Å². The summed E-state index contributed by atoms with van der Waals surface area (Å²) < 4.78 is 7.79. The van der Waals surface area contributed by atoms with Crippen LogP contribution in [0.25, 0.3) is 0 Å². The molecule has 2 aromatic heterocycles. The molecule has 0 spiro atoms. The number of furan rings is 1. The zero-order valence-electron chi connectivity index (χ0n) is 16.4. The number of nitrogens with zero attached hydrogens (tertiary/aromatic N) is 2. The number of carbonyl (C=O) groups excluding carboxylic acids is 2. The van der Waals surface area contributed by atoms with E-state index in [0.29, 0.717) is 24.9 Å². The van der Waals surface area contributed by atoms with Gasteiger partial charge in [0.2, 0.25) is 5.91 Å². The quantitative estimate of drug-likeness (QED) is 0.734. The lowest BCUT2D eigenvalue weighted by molar-refractivity contribution is -0.135. The molecular weight excluding hydrogens is 342 g/mol. The van der Waals surface area contributed by atoms with Crippen LogP contribution in [0.2, 0.25) is 0 Å². The first-order chi connectivity index (χ1) is 13.0. The molecule has 1 fully saturated rings. The Morgan fingerprint density at radius 1 is 1.30 bits per heavy atom. The van der Waals surface area contributed by atoms with Gasteiger partial charge in [-0.15, -0.1) is 0 Å². The van der Waals surface area contributed by atoms with Crippen LogP contribution in [0.15, 0.2) is 34.9 Å². The van der Waals surface area contributed by atoms with E-state index >= 15 is 0 Å². The third-order valence-electron chi connectivity index (χ3n) is 4.70. The topological polar surface area (TPSA) is 67.5 Å². The first-order valence-electron chi connectivity index (χ1n) is 9.80. The molecule has 1 N–H and O–H groups in total. The molecule has 146 valence electrons. The number of carbonyl (C=O) groups is 2. The smallest absolute Gasteiger partial charge is 0.287 e. The van der Waals surface area contributed by atoms with Gasteiger partial charge >= 0.3 is 0 Å². The summed E-state index contributed by atoms with van der Waals surface area (Å²) >= 11 is 0. The Morgan fingerprint density at radius 2 is 2.07 bits per heavy atom. The van der Waals surface area contributed by atoms with E-state index in [1.54, 1.807) is 6.07 Å². The number of hydrogen-bond acceptors (Lipinski definition) is 3. The second kappa shape index (κ2) is 8.46. The maximum Gasteiger partial charge on any atom is 0.287 e. The monoisotopic (exact) mass is 371 g/mol. The van der Waals surface area contributed by atoms with Crippen LogP contribution >= 0.6 is 0 Å². The molecule has 0 bridgehead atoms. The number of hydrogen-bond donors (Lipinski definition) is 1. The van der Waals surface area contributed by atoms with Crippen LogP contribution in [0.1, 0.15) is 62.0 Å². The fraction of sp³-hybridized carbons (Fsp3) is 0.524. The van der Waals surface area contributed by atoms with E-state index in [2.05, 4.69) is 16.8 Å². The first-order valence-corrected chi connectivity index (χ1v) is 9.80. The lowest BCUT2D eigenvalue weighted by atomic mass is 10.2. The van der Waals surface area contributed by atoms with Gasteiger partial charge in [0.25, 0.3) is 5.91 Å². The zero-order valence-corrected chi connectivity index (χ0v) is 16.4. The minimum Gasteiger partial charge on any atom is -0.454 e. The van der Waals surface area contributed by atoms with Crippen LogP contribution in [0.3, 0.4) is 0 Å². The van der Waals surface area contributed by atoms with Crippen molar-refractivity contribution in [2.75, 3.05) is 6.54 Å². The lowest BCUT2D eigenvalue weighted by Gasteiger charge is -2.24. The zero-order chi connectivity index (χ0) is 19.4. The summed E-state index contributed by atoms with van der Waals surface area (Å²) in [6.45, 7) is 7.80. The van der Waals surface area contributed by atoms with Crippen LogP contribution in [-0.4, -0.2) is 33.9 Å². The van der Waals surface area contributed by atoms with Gasteiger partial charge in [0.15, 0.2) is 5.76 Å². The van der Waals surface area contributed by atoms with Crippen LogP contribution in [0.4, 0.5) is 0 Å². The van der Waals surface area contributed by atoms with E-state index in [4.69, 9.17) is 4.42 Å². The molecule has 0 aromatic carbocycles. The Hall–Kier alpha value is -2.50. The molecule has 1 saturated carbocycles. The van der Waals surface area contributed by atoms with E-state index in [9.17, 15) is 9.59 Å². The molecule has 0 unspecified atom stereocenters. The average Bonchev–Trinajstić information content (AvgIpc) is 3.15. The minimum atomic E-state index is -0.145. The largest absolute Gasteiger partial charge is 0.454 e. The van der Waals surface area contributed by atoms with Crippen molar-refractivity contribution in [2.45, 2.75) is 59.2 Å². The summed E-state index contributed by atoms with van der Waals surface area (Å²) in [5.41, 5.74) is 1.05. The third kappa shape index (κ3) is 5.02. The summed E-state index contributed by atoms with van der Waals surface area (Å²) in [7, 11) is 0. The van der Waals surface area contributed by atoms with Gasteiger partial charge < -0.3 is 19.2 Å². The molecule has 2 amide bonds. The maximum atomic E-state index is 12.5. The fourth-order valence-electron chi connectivity index (χ4n) is 3.08. The van der Waals surface area contributed by atoms with Crippen molar-refractivity contribution in [1.29, 1.82) is 0 Å². The number of amides is 2. The molecule has 2 aromatic rings. The second-order valence-corrected chi connectivity index (χ2v) is 7.56. The molecule has 0 atom stereocenters. The summed E-state index contributed by atoms with van der Waals surface area (Å²) in [5, 5.41) is 2.93. The van der Waals surface area contributed by atoms with Crippen LogP contribution in [0, 0.1) is 5.92 Å². The van der Waals surface area contributed by atoms with Crippen molar-refractivity contribution < 1.29 is 14.0 Å². The Bertz CT molecular complexity index is 786. The highest BCUT2D eigenvalue weighted by Crippen LogP contribution is 2.20. The highest BCUT2D eigenvalue weighted by molar-refractivity contribution is 5.91. The molecule has 6 heteroatoms. The van der Waals surface area contributed by atoms with E-state index in [1.165, 1.54) is 0 Å². The Kier molecular flexibility index (Phi) is 6.04. The average molecular weight is 371 g/mol. The first kappa shape index (κ1) is 19.3. The highest BCUT2D eigenvalue weighted by atomic mass is 16.4. The van der Waals surface area contributed by atoms with Crippen molar-refractivity contribution in [1.82, 2.24) is 14.8 Å². The summed E-state index contributed by atoms with van der Waals surface area (Å²) in [6.07, 6.45) is 5.01. The number of aromatic nitrogens is 1. The van der Waals surface area contributed by atoms with Gasteiger partial charge in [-0.05, 0) is 43.5 Å². The van der Waals surface area contributed by atoms with Crippen LogP contribution in [-0.2, 0) is 17.9 Å². The minimum absolute atomic E-state index is 0.0161. The van der Waals surface area contributed by atoms with Crippen LogP contribution in [0.5, 0.6) is 0 Å². The van der Waals surface area contributed by atoms with E-state index in [1.807, 2.05) is 43.1 Å². The van der Waals surface area contributed by atoms with Gasteiger partial charge in [-0.3, -0.25) is 9.59 Å². The van der Waals surface area contributed by atoms with E-state index in [-0.39, 0.29) is 17.7 Å². The molecule has 0 radical (unpaired) electrons.